The van der Waals surface area contributed by atoms with Crippen LogP contribution in [0, 0.1) is 16.7 Å². The molecule has 1 saturated carbocycles. The summed E-state index contributed by atoms with van der Waals surface area (Å²) in [6.45, 7) is 0.719. The van der Waals surface area contributed by atoms with Crippen LogP contribution in [0.5, 0.6) is 0 Å². The van der Waals surface area contributed by atoms with Crippen molar-refractivity contribution in [2.45, 2.75) is 12.8 Å². The molecule has 1 aromatic carbocycles. The fourth-order valence-electron chi connectivity index (χ4n) is 1.60. The Morgan fingerprint density at radius 2 is 2.06 bits per heavy atom. The molecule has 0 bridgehead atoms. The van der Waals surface area contributed by atoms with Gasteiger partial charge in [0.1, 0.15) is 0 Å². The third kappa shape index (κ3) is 2.86. The van der Waals surface area contributed by atoms with E-state index in [1.165, 1.54) is 12.8 Å². The third-order valence-corrected chi connectivity index (χ3v) is 4.33. The van der Waals surface area contributed by atoms with Crippen LogP contribution in [-0.4, -0.2) is 17.8 Å². The summed E-state index contributed by atoms with van der Waals surface area (Å²) in [4.78, 5) is 11.8. The van der Waals surface area contributed by atoms with E-state index in [1.807, 2.05) is 6.07 Å². The number of nitrogens with zero attached hydrogens (tertiary/aromatic N) is 1. The largest absolute Gasteiger partial charge is 0.351 e. The second kappa shape index (κ2) is 4.89. The Hall–Kier alpha value is -1.34. The van der Waals surface area contributed by atoms with Gasteiger partial charge in [-0.25, -0.2) is 0 Å². The molecule has 1 aliphatic rings. The van der Waals surface area contributed by atoms with E-state index >= 15 is 0 Å². The van der Waals surface area contributed by atoms with Crippen molar-refractivity contribution in [3.8, 4) is 6.07 Å². The van der Waals surface area contributed by atoms with E-state index in [1.54, 1.807) is 24.3 Å². The Morgan fingerprint density at radius 1 is 1.41 bits per heavy atom. The number of alkyl halides is 1. The number of benzene rings is 1. The van der Waals surface area contributed by atoms with Crippen molar-refractivity contribution in [2.24, 2.45) is 5.41 Å². The minimum Gasteiger partial charge on any atom is -0.351 e. The van der Waals surface area contributed by atoms with E-state index < -0.39 is 0 Å². The van der Waals surface area contributed by atoms with Gasteiger partial charge in [0.05, 0.1) is 11.6 Å². The molecule has 1 fully saturated rings. The van der Waals surface area contributed by atoms with Crippen molar-refractivity contribution in [3.05, 3.63) is 35.4 Å². The van der Waals surface area contributed by atoms with Crippen LogP contribution in [0.15, 0.2) is 24.3 Å². The van der Waals surface area contributed by atoms with Gasteiger partial charge in [0.2, 0.25) is 0 Å². The average Bonchev–Trinajstić information content (AvgIpc) is 3.17. The van der Waals surface area contributed by atoms with Crippen LogP contribution in [0.25, 0.3) is 0 Å². The SMILES string of the molecule is N#Cc1ccc(C(=O)NCC2(CBr)CC2)cc1. The van der Waals surface area contributed by atoms with E-state index in [9.17, 15) is 4.79 Å². The Bertz CT molecular complexity index is 457. The first-order chi connectivity index (χ1) is 8.19. The highest BCUT2D eigenvalue weighted by atomic mass is 79.9. The molecule has 1 amide bonds. The summed E-state index contributed by atoms with van der Waals surface area (Å²) in [5.74, 6) is -0.0679. The molecular formula is C13H13BrN2O. The lowest BCUT2D eigenvalue weighted by Crippen LogP contribution is -2.30. The van der Waals surface area contributed by atoms with E-state index in [0.29, 0.717) is 11.1 Å². The monoisotopic (exact) mass is 292 g/mol. The van der Waals surface area contributed by atoms with E-state index in [-0.39, 0.29) is 11.3 Å². The van der Waals surface area contributed by atoms with E-state index in [0.717, 1.165) is 11.9 Å². The predicted molar refractivity (Wildman–Crippen MR) is 69.0 cm³/mol. The molecule has 2 rings (SSSR count). The van der Waals surface area contributed by atoms with Crippen LogP contribution in [0.1, 0.15) is 28.8 Å². The van der Waals surface area contributed by atoms with Gasteiger partial charge in [-0.3, -0.25) is 4.79 Å². The number of nitrogens with one attached hydrogen (secondary N) is 1. The zero-order chi connectivity index (χ0) is 12.3. The van der Waals surface area contributed by atoms with Gasteiger partial charge in [-0.15, -0.1) is 0 Å². The zero-order valence-corrected chi connectivity index (χ0v) is 11.0. The van der Waals surface area contributed by atoms with Gasteiger partial charge >= 0.3 is 0 Å². The van der Waals surface area contributed by atoms with Crippen molar-refractivity contribution >= 4 is 21.8 Å². The zero-order valence-electron chi connectivity index (χ0n) is 9.37. The fourth-order valence-corrected chi connectivity index (χ4v) is 2.36. The molecule has 4 heteroatoms. The van der Waals surface area contributed by atoms with Gasteiger partial charge in [-0.2, -0.15) is 5.26 Å². The lowest BCUT2D eigenvalue weighted by Gasteiger charge is -2.12. The summed E-state index contributed by atoms with van der Waals surface area (Å²) in [5, 5.41) is 12.5. The number of halogens is 1. The first-order valence-corrected chi connectivity index (χ1v) is 6.66. The molecule has 0 unspecified atom stereocenters. The lowest BCUT2D eigenvalue weighted by atomic mass is 10.1. The lowest BCUT2D eigenvalue weighted by molar-refractivity contribution is 0.0946. The van der Waals surface area contributed by atoms with Crippen LogP contribution >= 0.6 is 15.9 Å². The van der Waals surface area contributed by atoms with Crippen molar-refractivity contribution < 1.29 is 4.79 Å². The van der Waals surface area contributed by atoms with Crippen molar-refractivity contribution in [1.82, 2.24) is 5.32 Å². The first-order valence-electron chi connectivity index (χ1n) is 5.53. The van der Waals surface area contributed by atoms with Crippen molar-refractivity contribution in [1.29, 1.82) is 5.26 Å². The van der Waals surface area contributed by atoms with Crippen LogP contribution in [0.2, 0.25) is 0 Å². The van der Waals surface area contributed by atoms with Gasteiger partial charge in [-0.05, 0) is 42.5 Å². The molecule has 1 aliphatic carbocycles. The molecule has 0 saturated heterocycles. The predicted octanol–water partition coefficient (Wildman–Crippen LogP) is 2.46. The molecule has 1 aromatic rings. The van der Waals surface area contributed by atoms with Crippen LogP contribution in [0.3, 0.4) is 0 Å². The quantitative estimate of drug-likeness (QED) is 0.867. The van der Waals surface area contributed by atoms with Gasteiger partial charge in [0.15, 0.2) is 0 Å². The summed E-state index contributed by atoms with van der Waals surface area (Å²) in [7, 11) is 0. The Morgan fingerprint density at radius 3 is 2.53 bits per heavy atom. The van der Waals surface area contributed by atoms with Crippen LogP contribution in [0.4, 0.5) is 0 Å². The van der Waals surface area contributed by atoms with Gasteiger partial charge < -0.3 is 5.32 Å². The summed E-state index contributed by atoms with van der Waals surface area (Å²) < 4.78 is 0. The molecule has 0 spiro atoms. The number of rotatable bonds is 4. The van der Waals surface area contributed by atoms with E-state index in [4.69, 9.17) is 5.26 Å². The Kier molecular flexibility index (Phi) is 3.49. The van der Waals surface area contributed by atoms with Crippen LogP contribution in [-0.2, 0) is 0 Å². The topological polar surface area (TPSA) is 52.9 Å². The molecule has 0 heterocycles. The third-order valence-electron chi connectivity index (χ3n) is 3.14. The number of amides is 1. The standard InChI is InChI=1S/C13H13BrN2O/c14-8-13(5-6-13)9-16-12(17)11-3-1-10(7-15)2-4-11/h1-4H,5-6,8-9H2,(H,16,17). The molecule has 0 atom stereocenters. The maximum Gasteiger partial charge on any atom is 0.251 e. The number of carbonyl (C=O) groups excluding carboxylic acids is 1. The smallest absolute Gasteiger partial charge is 0.251 e. The highest BCUT2D eigenvalue weighted by Gasteiger charge is 2.41. The van der Waals surface area contributed by atoms with Crippen molar-refractivity contribution in [2.75, 3.05) is 11.9 Å². The minimum atomic E-state index is -0.0679. The van der Waals surface area contributed by atoms with Gasteiger partial charge in [0, 0.05) is 17.4 Å². The number of carbonyl (C=O) groups is 1. The second-order valence-electron chi connectivity index (χ2n) is 4.51. The summed E-state index contributed by atoms with van der Waals surface area (Å²) >= 11 is 3.47. The van der Waals surface area contributed by atoms with Crippen LogP contribution < -0.4 is 5.32 Å². The highest BCUT2D eigenvalue weighted by molar-refractivity contribution is 9.09. The average molecular weight is 293 g/mol. The normalized spacial score (nSPS) is 16.0. The molecule has 0 aromatic heterocycles. The summed E-state index contributed by atoms with van der Waals surface area (Å²) in [5.41, 5.74) is 1.46. The first kappa shape index (κ1) is 12.1. The molecule has 1 N–H and O–H groups in total. The highest BCUT2D eigenvalue weighted by Crippen LogP contribution is 2.46. The minimum absolute atomic E-state index is 0.0679. The van der Waals surface area contributed by atoms with Gasteiger partial charge in [-0.1, -0.05) is 15.9 Å². The number of hydrogen-bond acceptors (Lipinski definition) is 2. The molecule has 0 radical (unpaired) electrons. The Labute approximate surface area is 109 Å². The maximum absolute atomic E-state index is 11.8. The molecule has 0 aliphatic heterocycles. The van der Waals surface area contributed by atoms with E-state index in [2.05, 4.69) is 21.2 Å². The second-order valence-corrected chi connectivity index (χ2v) is 5.07. The summed E-state index contributed by atoms with van der Waals surface area (Å²) in [6, 6.07) is 8.71. The fraction of sp³-hybridized carbons (Fsp3) is 0.385. The summed E-state index contributed by atoms with van der Waals surface area (Å²) in [6.07, 6.45) is 2.35. The van der Waals surface area contributed by atoms with Crippen molar-refractivity contribution in [3.63, 3.8) is 0 Å². The molecule has 88 valence electrons. The maximum atomic E-state index is 11.8. The number of hydrogen-bond donors (Lipinski definition) is 1. The molecular weight excluding hydrogens is 280 g/mol. The molecule has 17 heavy (non-hydrogen) atoms. The Balaban J connectivity index is 1.93. The van der Waals surface area contributed by atoms with Gasteiger partial charge in [0.25, 0.3) is 5.91 Å². The molecule has 3 nitrogen and oxygen atoms in total. The number of nitriles is 1.